The molecule has 0 aliphatic carbocycles. The molecule has 2 N–H and O–H groups in total. The van der Waals surface area contributed by atoms with Gasteiger partial charge in [0, 0.05) is 6.54 Å². The number of hydrogen-bond acceptors (Lipinski definition) is 2. The van der Waals surface area contributed by atoms with Gasteiger partial charge < -0.3 is 10.6 Å². The molecule has 106 valence electrons. The van der Waals surface area contributed by atoms with Gasteiger partial charge in [-0.05, 0) is 93.9 Å². The van der Waals surface area contributed by atoms with Crippen molar-refractivity contribution < 1.29 is 0 Å². The molecule has 1 atom stereocenters. The minimum atomic E-state index is 0.806. The number of hydrogen-bond donors (Lipinski definition) is 2. The lowest BCUT2D eigenvalue weighted by Gasteiger charge is -2.23. The molecule has 1 aromatic rings. The smallest absolute Gasteiger partial charge is 0.0211 e. The van der Waals surface area contributed by atoms with Gasteiger partial charge in [0.15, 0.2) is 0 Å². The first kappa shape index (κ1) is 14.5. The van der Waals surface area contributed by atoms with Crippen molar-refractivity contribution in [2.24, 2.45) is 5.92 Å². The SMILES string of the molecule is Cc1cc(C)c(C)c(CNCC2CCCNC2)c1C. The molecule has 1 saturated heterocycles. The molecule has 0 bridgehead atoms. The van der Waals surface area contributed by atoms with E-state index in [2.05, 4.69) is 44.4 Å². The summed E-state index contributed by atoms with van der Waals surface area (Å²) in [5.41, 5.74) is 7.24. The molecule has 2 rings (SSSR count). The molecule has 1 aliphatic rings. The molecule has 0 radical (unpaired) electrons. The quantitative estimate of drug-likeness (QED) is 0.869. The molecule has 0 aromatic heterocycles. The number of piperidine rings is 1. The van der Waals surface area contributed by atoms with Gasteiger partial charge in [0.2, 0.25) is 0 Å². The second kappa shape index (κ2) is 6.53. The summed E-state index contributed by atoms with van der Waals surface area (Å²) in [7, 11) is 0. The van der Waals surface area contributed by atoms with Crippen LogP contribution in [0.5, 0.6) is 0 Å². The first-order valence-corrected chi connectivity index (χ1v) is 7.57. The van der Waals surface area contributed by atoms with E-state index in [-0.39, 0.29) is 0 Å². The van der Waals surface area contributed by atoms with Crippen molar-refractivity contribution in [3.63, 3.8) is 0 Å². The molecule has 19 heavy (non-hydrogen) atoms. The minimum Gasteiger partial charge on any atom is -0.316 e. The van der Waals surface area contributed by atoms with E-state index in [1.807, 2.05) is 0 Å². The molecule has 1 heterocycles. The zero-order chi connectivity index (χ0) is 13.8. The predicted octanol–water partition coefficient (Wildman–Crippen LogP) is 3.01. The highest BCUT2D eigenvalue weighted by Gasteiger charge is 2.13. The molecule has 0 spiro atoms. The van der Waals surface area contributed by atoms with E-state index >= 15 is 0 Å². The van der Waals surface area contributed by atoms with E-state index in [0.717, 1.165) is 19.0 Å². The van der Waals surface area contributed by atoms with Gasteiger partial charge in [-0.15, -0.1) is 0 Å². The van der Waals surface area contributed by atoms with Gasteiger partial charge in [-0.3, -0.25) is 0 Å². The average Bonchev–Trinajstić information content (AvgIpc) is 2.42. The van der Waals surface area contributed by atoms with Crippen LogP contribution in [0, 0.1) is 33.6 Å². The van der Waals surface area contributed by atoms with Crippen LogP contribution in [0.25, 0.3) is 0 Å². The van der Waals surface area contributed by atoms with Crippen LogP contribution in [-0.4, -0.2) is 19.6 Å². The molecule has 1 aliphatic heterocycles. The summed E-state index contributed by atoms with van der Waals surface area (Å²) in [4.78, 5) is 0. The Hall–Kier alpha value is -0.860. The van der Waals surface area contributed by atoms with Crippen LogP contribution < -0.4 is 10.6 Å². The lowest BCUT2D eigenvalue weighted by Crippen LogP contribution is -2.36. The number of aryl methyl sites for hydroxylation is 2. The molecule has 0 amide bonds. The van der Waals surface area contributed by atoms with Crippen LogP contribution in [0.4, 0.5) is 0 Å². The van der Waals surface area contributed by atoms with Gasteiger partial charge in [-0.2, -0.15) is 0 Å². The van der Waals surface area contributed by atoms with Gasteiger partial charge in [0.1, 0.15) is 0 Å². The highest BCUT2D eigenvalue weighted by Crippen LogP contribution is 2.21. The molecule has 2 nitrogen and oxygen atoms in total. The van der Waals surface area contributed by atoms with Crippen molar-refractivity contribution in [1.29, 1.82) is 0 Å². The van der Waals surface area contributed by atoms with Crippen LogP contribution in [0.2, 0.25) is 0 Å². The standard InChI is InChI=1S/C17H28N2/c1-12-8-13(2)15(4)17(14(12)3)11-19-10-16-6-5-7-18-9-16/h8,16,18-19H,5-7,9-11H2,1-4H3. The molecule has 1 fully saturated rings. The first-order valence-electron chi connectivity index (χ1n) is 7.57. The summed E-state index contributed by atoms with van der Waals surface area (Å²) < 4.78 is 0. The minimum absolute atomic E-state index is 0.806. The van der Waals surface area contributed by atoms with Gasteiger partial charge >= 0.3 is 0 Å². The van der Waals surface area contributed by atoms with Crippen LogP contribution >= 0.6 is 0 Å². The predicted molar refractivity (Wildman–Crippen MR) is 82.7 cm³/mol. The molecular formula is C17H28N2. The Kier molecular flexibility index (Phi) is 5.00. The number of rotatable bonds is 4. The van der Waals surface area contributed by atoms with Crippen molar-refractivity contribution in [3.05, 3.63) is 33.9 Å². The van der Waals surface area contributed by atoms with Crippen molar-refractivity contribution in [2.75, 3.05) is 19.6 Å². The third-order valence-corrected chi connectivity index (χ3v) is 4.66. The van der Waals surface area contributed by atoms with Gasteiger partial charge in [-0.1, -0.05) is 6.07 Å². The van der Waals surface area contributed by atoms with E-state index in [1.54, 1.807) is 0 Å². The average molecular weight is 260 g/mol. The Morgan fingerprint density at radius 1 is 1.16 bits per heavy atom. The second-order valence-corrected chi connectivity index (χ2v) is 6.08. The van der Waals surface area contributed by atoms with Crippen molar-refractivity contribution in [2.45, 2.75) is 47.1 Å². The summed E-state index contributed by atoms with van der Waals surface area (Å²) >= 11 is 0. The summed E-state index contributed by atoms with van der Waals surface area (Å²) in [6.45, 7) is 13.5. The fraction of sp³-hybridized carbons (Fsp3) is 0.647. The number of nitrogens with one attached hydrogen (secondary N) is 2. The third kappa shape index (κ3) is 3.58. The van der Waals surface area contributed by atoms with E-state index in [4.69, 9.17) is 0 Å². The first-order chi connectivity index (χ1) is 9.09. The largest absolute Gasteiger partial charge is 0.316 e. The Morgan fingerprint density at radius 2 is 1.84 bits per heavy atom. The summed E-state index contributed by atoms with van der Waals surface area (Å²) in [5, 5.41) is 7.15. The van der Waals surface area contributed by atoms with E-state index in [9.17, 15) is 0 Å². The zero-order valence-electron chi connectivity index (χ0n) is 12.9. The van der Waals surface area contributed by atoms with E-state index < -0.39 is 0 Å². The maximum Gasteiger partial charge on any atom is 0.0211 e. The highest BCUT2D eigenvalue weighted by molar-refractivity contribution is 5.43. The van der Waals surface area contributed by atoms with Crippen LogP contribution in [0.15, 0.2) is 6.07 Å². The van der Waals surface area contributed by atoms with E-state index in [0.29, 0.717) is 0 Å². The normalized spacial score (nSPS) is 19.7. The molecule has 1 unspecified atom stereocenters. The molecule has 0 saturated carbocycles. The summed E-state index contributed by atoms with van der Waals surface area (Å²) in [6, 6.07) is 2.30. The molecule has 2 heteroatoms. The summed E-state index contributed by atoms with van der Waals surface area (Å²) in [5.74, 6) is 0.806. The lowest BCUT2D eigenvalue weighted by atomic mass is 9.94. The van der Waals surface area contributed by atoms with E-state index in [1.165, 1.54) is 53.7 Å². The molecule has 1 aromatic carbocycles. The fourth-order valence-corrected chi connectivity index (χ4v) is 3.06. The van der Waals surface area contributed by atoms with Crippen LogP contribution in [-0.2, 0) is 6.54 Å². The molecular weight excluding hydrogens is 232 g/mol. The van der Waals surface area contributed by atoms with Gasteiger partial charge in [-0.25, -0.2) is 0 Å². The zero-order valence-corrected chi connectivity index (χ0v) is 12.9. The Bertz CT molecular complexity index is 405. The fourth-order valence-electron chi connectivity index (χ4n) is 3.06. The van der Waals surface area contributed by atoms with Crippen LogP contribution in [0.1, 0.15) is 40.7 Å². The van der Waals surface area contributed by atoms with Crippen molar-refractivity contribution in [3.8, 4) is 0 Å². The van der Waals surface area contributed by atoms with Gasteiger partial charge in [0.25, 0.3) is 0 Å². The Morgan fingerprint density at radius 3 is 2.42 bits per heavy atom. The number of benzene rings is 1. The monoisotopic (exact) mass is 260 g/mol. The maximum absolute atomic E-state index is 3.67. The second-order valence-electron chi connectivity index (χ2n) is 6.08. The maximum atomic E-state index is 3.67. The van der Waals surface area contributed by atoms with Crippen molar-refractivity contribution >= 4 is 0 Å². The third-order valence-electron chi connectivity index (χ3n) is 4.66. The topological polar surface area (TPSA) is 24.1 Å². The Balaban J connectivity index is 1.95. The lowest BCUT2D eigenvalue weighted by molar-refractivity contribution is 0.359. The Labute approximate surface area is 118 Å². The van der Waals surface area contributed by atoms with Gasteiger partial charge in [0.05, 0.1) is 0 Å². The summed E-state index contributed by atoms with van der Waals surface area (Å²) in [6.07, 6.45) is 2.69. The van der Waals surface area contributed by atoms with Crippen molar-refractivity contribution in [1.82, 2.24) is 10.6 Å². The highest BCUT2D eigenvalue weighted by atomic mass is 14.9. The van der Waals surface area contributed by atoms with Crippen LogP contribution in [0.3, 0.4) is 0 Å².